The average Bonchev–Trinajstić information content (AvgIpc) is 3.10. The number of aromatic nitrogens is 3. The topological polar surface area (TPSA) is 46.4 Å². The van der Waals surface area contributed by atoms with Crippen LogP contribution in [0.1, 0.15) is 42.4 Å². The van der Waals surface area contributed by atoms with Crippen LogP contribution < -0.4 is 0 Å². The molecule has 1 aromatic heterocycles. The zero-order valence-corrected chi connectivity index (χ0v) is 17.1. The van der Waals surface area contributed by atoms with Crippen LogP contribution in [0.4, 0.5) is 0 Å². The van der Waals surface area contributed by atoms with E-state index < -0.39 is 0 Å². The summed E-state index contributed by atoms with van der Waals surface area (Å²) in [7, 11) is 2.14. The number of rotatable bonds is 7. The van der Waals surface area contributed by atoms with Gasteiger partial charge in [-0.1, -0.05) is 30.3 Å². The van der Waals surface area contributed by atoms with Crippen LogP contribution in [0.3, 0.4) is 0 Å². The first-order valence-corrected chi connectivity index (χ1v) is 10.7. The van der Waals surface area contributed by atoms with Gasteiger partial charge >= 0.3 is 0 Å². The Labute approximate surface area is 168 Å². The average molecular weight is 384 g/mol. The third-order valence-electron chi connectivity index (χ3n) is 6.12. The van der Waals surface area contributed by atoms with Crippen molar-refractivity contribution < 1.29 is 4.74 Å². The van der Waals surface area contributed by atoms with E-state index in [-0.39, 0.29) is 0 Å². The molecule has 2 aliphatic heterocycles. The van der Waals surface area contributed by atoms with Crippen molar-refractivity contribution >= 4 is 0 Å². The molecule has 0 spiro atoms. The molecule has 2 aliphatic rings. The molecule has 1 atom stereocenters. The highest BCUT2D eigenvalue weighted by Gasteiger charge is 2.26. The van der Waals surface area contributed by atoms with Gasteiger partial charge in [-0.05, 0) is 44.3 Å². The van der Waals surface area contributed by atoms with Gasteiger partial charge in [-0.25, -0.2) is 0 Å². The van der Waals surface area contributed by atoms with Crippen molar-refractivity contribution in [1.82, 2.24) is 24.6 Å². The standard InChI is InChI=1S/C22H33N5O/c1-25-21(18-27-13-15-28-16-14-27)23-24-22(25)20-10-6-12-26(17-20)11-5-9-19-7-3-2-4-8-19/h2-4,7-8,20H,5-6,9-18H2,1H3/t20-/m0/s1. The SMILES string of the molecule is Cn1c(CN2CCOCC2)nnc1[C@H]1CCCN(CCCc2ccccc2)C1. The summed E-state index contributed by atoms with van der Waals surface area (Å²) in [5.74, 6) is 2.75. The minimum Gasteiger partial charge on any atom is -0.379 e. The minimum atomic E-state index is 0.501. The Balaban J connectivity index is 1.30. The first-order chi connectivity index (χ1) is 13.8. The van der Waals surface area contributed by atoms with Crippen molar-refractivity contribution in [2.24, 2.45) is 7.05 Å². The number of morpholine rings is 1. The van der Waals surface area contributed by atoms with Gasteiger partial charge in [0.1, 0.15) is 11.6 Å². The summed E-state index contributed by atoms with van der Waals surface area (Å²) in [5, 5.41) is 9.12. The van der Waals surface area contributed by atoms with Crippen LogP contribution in [0, 0.1) is 0 Å². The molecule has 4 rings (SSSR count). The van der Waals surface area contributed by atoms with E-state index in [1.807, 2.05) is 0 Å². The zero-order chi connectivity index (χ0) is 19.2. The fourth-order valence-corrected chi connectivity index (χ4v) is 4.45. The van der Waals surface area contributed by atoms with Crippen molar-refractivity contribution in [3.8, 4) is 0 Å². The summed E-state index contributed by atoms with van der Waals surface area (Å²) >= 11 is 0. The third kappa shape index (κ3) is 4.99. The Morgan fingerprint density at radius 1 is 1.04 bits per heavy atom. The highest BCUT2D eigenvalue weighted by Crippen LogP contribution is 2.26. The van der Waals surface area contributed by atoms with Gasteiger partial charge in [-0.15, -0.1) is 10.2 Å². The quantitative estimate of drug-likeness (QED) is 0.735. The number of likely N-dealkylation sites (tertiary alicyclic amines) is 1. The molecule has 0 N–H and O–H groups in total. The molecule has 6 nitrogen and oxygen atoms in total. The summed E-state index contributed by atoms with van der Waals surface area (Å²) in [6.45, 7) is 7.99. The second kappa shape index (κ2) is 9.63. The molecule has 0 unspecified atom stereocenters. The van der Waals surface area contributed by atoms with Gasteiger partial charge in [0.15, 0.2) is 0 Å². The lowest BCUT2D eigenvalue weighted by Crippen LogP contribution is -2.37. The van der Waals surface area contributed by atoms with E-state index in [9.17, 15) is 0 Å². The maximum atomic E-state index is 5.45. The molecular formula is C22H33N5O. The fraction of sp³-hybridized carbons (Fsp3) is 0.636. The number of hydrogen-bond donors (Lipinski definition) is 0. The van der Waals surface area contributed by atoms with Gasteiger partial charge < -0.3 is 14.2 Å². The van der Waals surface area contributed by atoms with E-state index in [2.05, 4.69) is 61.9 Å². The molecule has 152 valence electrons. The van der Waals surface area contributed by atoms with Gasteiger partial charge in [0.2, 0.25) is 0 Å². The Hall–Kier alpha value is -1.76. The number of hydrogen-bond acceptors (Lipinski definition) is 5. The van der Waals surface area contributed by atoms with Gasteiger partial charge in [0, 0.05) is 32.6 Å². The molecule has 2 fully saturated rings. The molecule has 2 aromatic rings. The molecule has 0 bridgehead atoms. The van der Waals surface area contributed by atoms with E-state index in [1.54, 1.807) is 0 Å². The molecular weight excluding hydrogens is 350 g/mol. The lowest BCUT2D eigenvalue weighted by molar-refractivity contribution is 0.0326. The van der Waals surface area contributed by atoms with Crippen molar-refractivity contribution in [3.05, 3.63) is 47.5 Å². The van der Waals surface area contributed by atoms with Crippen molar-refractivity contribution in [1.29, 1.82) is 0 Å². The Morgan fingerprint density at radius 2 is 1.86 bits per heavy atom. The number of ether oxygens (including phenoxy) is 1. The first-order valence-electron chi connectivity index (χ1n) is 10.7. The second-order valence-corrected chi connectivity index (χ2v) is 8.15. The molecule has 3 heterocycles. The highest BCUT2D eigenvalue weighted by molar-refractivity contribution is 5.14. The molecule has 28 heavy (non-hydrogen) atoms. The Bertz CT molecular complexity index is 726. The molecule has 2 saturated heterocycles. The van der Waals surface area contributed by atoms with Crippen molar-refractivity contribution in [3.63, 3.8) is 0 Å². The largest absolute Gasteiger partial charge is 0.379 e. The van der Waals surface area contributed by atoms with E-state index >= 15 is 0 Å². The van der Waals surface area contributed by atoms with Crippen molar-refractivity contribution in [2.45, 2.75) is 38.1 Å². The monoisotopic (exact) mass is 383 g/mol. The maximum absolute atomic E-state index is 5.45. The van der Waals surface area contributed by atoms with Crippen LogP contribution in [-0.4, -0.2) is 70.5 Å². The second-order valence-electron chi connectivity index (χ2n) is 8.15. The minimum absolute atomic E-state index is 0.501. The van der Waals surface area contributed by atoms with Crippen LogP contribution in [0.15, 0.2) is 30.3 Å². The predicted octanol–water partition coefficient (Wildman–Crippen LogP) is 2.46. The number of piperidine rings is 1. The molecule has 1 aromatic carbocycles. The van der Waals surface area contributed by atoms with Gasteiger partial charge in [-0.3, -0.25) is 4.90 Å². The van der Waals surface area contributed by atoms with Crippen LogP contribution in [-0.2, 0) is 24.8 Å². The Kier molecular flexibility index (Phi) is 6.73. The summed E-state index contributed by atoms with van der Waals surface area (Å²) in [6.07, 6.45) is 4.86. The summed E-state index contributed by atoms with van der Waals surface area (Å²) in [6, 6.07) is 10.8. The van der Waals surface area contributed by atoms with Gasteiger partial charge in [-0.2, -0.15) is 0 Å². The molecule has 0 radical (unpaired) electrons. The van der Waals surface area contributed by atoms with E-state index in [4.69, 9.17) is 4.74 Å². The maximum Gasteiger partial charge on any atom is 0.146 e. The normalized spacial score (nSPS) is 21.8. The number of nitrogens with zero attached hydrogens (tertiary/aromatic N) is 5. The first kappa shape index (κ1) is 19.6. The predicted molar refractivity (Wildman–Crippen MR) is 110 cm³/mol. The number of aryl methyl sites for hydroxylation is 1. The van der Waals surface area contributed by atoms with Crippen LogP contribution >= 0.6 is 0 Å². The van der Waals surface area contributed by atoms with E-state index in [0.717, 1.165) is 57.5 Å². The molecule has 6 heteroatoms. The highest BCUT2D eigenvalue weighted by atomic mass is 16.5. The zero-order valence-electron chi connectivity index (χ0n) is 17.1. The lowest BCUT2D eigenvalue weighted by Gasteiger charge is -2.32. The smallest absolute Gasteiger partial charge is 0.146 e. The summed E-state index contributed by atoms with van der Waals surface area (Å²) in [4.78, 5) is 5.03. The summed E-state index contributed by atoms with van der Waals surface area (Å²) in [5.41, 5.74) is 1.44. The van der Waals surface area contributed by atoms with Gasteiger partial charge in [0.25, 0.3) is 0 Å². The third-order valence-corrected chi connectivity index (χ3v) is 6.12. The van der Waals surface area contributed by atoms with Crippen molar-refractivity contribution in [2.75, 3.05) is 45.9 Å². The van der Waals surface area contributed by atoms with E-state index in [1.165, 1.54) is 37.9 Å². The molecule has 0 saturated carbocycles. The lowest BCUT2D eigenvalue weighted by atomic mass is 9.96. The molecule has 0 amide bonds. The van der Waals surface area contributed by atoms with Crippen LogP contribution in [0.25, 0.3) is 0 Å². The fourth-order valence-electron chi connectivity index (χ4n) is 4.45. The Morgan fingerprint density at radius 3 is 2.68 bits per heavy atom. The van der Waals surface area contributed by atoms with Crippen LogP contribution in [0.5, 0.6) is 0 Å². The van der Waals surface area contributed by atoms with Gasteiger partial charge in [0.05, 0.1) is 19.8 Å². The van der Waals surface area contributed by atoms with Crippen LogP contribution in [0.2, 0.25) is 0 Å². The molecule has 0 aliphatic carbocycles. The van der Waals surface area contributed by atoms with E-state index in [0.29, 0.717) is 5.92 Å². The number of benzene rings is 1. The summed E-state index contributed by atoms with van der Waals surface area (Å²) < 4.78 is 7.69.